The molecule has 1 N–H and O–H groups in total. The Morgan fingerprint density at radius 2 is 2.10 bits per heavy atom. The summed E-state index contributed by atoms with van der Waals surface area (Å²) >= 11 is 0. The summed E-state index contributed by atoms with van der Waals surface area (Å²) in [6.45, 7) is 4.33. The highest BCUT2D eigenvalue weighted by Crippen LogP contribution is 2.33. The number of rotatable bonds is 5. The summed E-state index contributed by atoms with van der Waals surface area (Å²) in [4.78, 5) is 27.8. The fourth-order valence-electron chi connectivity index (χ4n) is 3.43. The molecule has 2 saturated heterocycles. The van der Waals surface area contributed by atoms with Crippen LogP contribution in [0.3, 0.4) is 0 Å². The van der Waals surface area contributed by atoms with E-state index in [2.05, 4.69) is 0 Å². The van der Waals surface area contributed by atoms with Crippen LogP contribution in [0.4, 0.5) is 0 Å². The van der Waals surface area contributed by atoms with E-state index in [0.29, 0.717) is 32.0 Å². The predicted octanol–water partition coefficient (Wildman–Crippen LogP) is 0.618. The molecule has 0 aromatic heterocycles. The number of nitrogens with zero attached hydrogens (tertiary/aromatic N) is 2. The van der Waals surface area contributed by atoms with Crippen LogP contribution < -0.4 is 0 Å². The molecule has 20 heavy (non-hydrogen) atoms. The van der Waals surface area contributed by atoms with Gasteiger partial charge in [-0.05, 0) is 25.2 Å². The van der Waals surface area contributed by atoms with Crippen molar-refractivity contribution in [1.29, 1.82) is 0 Å². The molecular weight excluding hydrogens is 256 g/mol. The van der Waals surface area contributed by atoms with Crippen molar-refractivity contribution in [3.63, 3.8) is 0 Å². The Bertz CT molecular complexity index is 413. The lowest BCUT2D eigenvalue weighted by molar-refractivity contribution is -0.160. The molecule has 5 nitrogen and oxygen atoms in total. The minimum Gasteiger partial charge on any atom is -0.386 e. The van der Waals surface area contributed by atoms with Crippen molar-refractivity contribution in [1.82, 2.24) is 9.80 Å². The number of hydrogen-bond acceptors (Lipinski definition) is 3. The third kappa shape index (κ3) is 2.68. The van der Waals surface area contributed by atoms with Crippen LogP contribution in [0.25, 0.3) is 0 Å². The normalized spacial score (nSPS) is 28.7. The van der Waals surface area contributed by atoms with Crippen LogP contribution in [0.1, 0.15) is 39.0 Å². The first-order chi connectivity index (χ1) is 9.50. The average Bonchev–Trinajstić information content (AvgIpc) is 3.10. The molecular formula is C15H24N2O3. The maximum absolute atomic E-state index is 12.3. The Morgan fingerprint density at radius 1 is 1.40 bits per heavy atom. The number of β-amino-alcohol motifs (C(OH)–C–C–N with tert-alkyl or cyclic N) is 1. The zero-order chi connectivity index (χ0) is 14.3. The first-order valence-electron chi connectivity index (χ1n) is 7.80. The summed E-state index contributed by atoms with van der Waals surface area (Å²) in [6, 6.07) is 0. The second-order valence-corrected chi connectivity index (χ2v) is 6.81. The minimum atomic E-state index is -0.680. The van der Waals surface area contributed by atoms with Gasteiger partial charge in [0.1, 0.15) is 0 Å². The monoisotopic (exact) mass is 280 g/mol. The van der Waals surface area contributed by atoms with E-state index < -0.39 is 5.60 Å². The van der Waals surface area contributed by atoms with Crippen LogP contribution in [0.2, 0.25) is 0 Å². The van der Waals surface area contributed by atoms with Crippen LogP contribution >= 0.6 is 0 Å². The van der Waals surface area contributed by atoms with E-state index in [-0.39, 0.29) is 17.7 Å². The summed E-state index contributed by atoms with van der Waals surface area (Å²) in [7, 11) is 0. The summed E-state index contributed by atoms with van der Waals surface area (Å²) in [6.07, 6.45) is 4.47. The highest BCUT2D eigenvalue weighted by Gasteiger charge is 2.46. The maximum atomic E-state index is 12.3. The molecule has 2 amide bonds. The molecule has 3 aliphatic rings. The van der Waals surface area contributed by atoms with Gasteiger partial charge in [0.25, 0.3) is 0 Å². The Labute approximate surface area is 119 Å². The van der Waals surface area contributed by atoms with Gasteiger partial charge in [0.2, 0.25) is 11.8 Å². The number of likely N-dealkylation sites (tertiary alicyclic amines) is 2. The maximum Gasteiger partial charge on any atom is 0.228 e. The van der Waals surface area contributed by atoms with Crippen molar-refractivity contribution in [2.24, 2.45) is 11.8 Å². The van der Waals surface area contributed by atoms with Gasteiger partial charge in [-0.2, -0.15) is 0 Å². The summed E-state index contributed by atoms with van der Waals surface area (Å²) in [5.74, 6) is 0.663. The van der Waals surface area contributed by atoms with Crippen molar-refractivity contribution in [3.05, 3.63) is 0 Å². The first kappa shape index (κ1) is 13.9. The fourth-order valence-corrected chi connectivity index (χ4v) is 3.43. The number of aliphatic hydroxyl groups is 1. The molecule has 5 heteroatoms. The molecule has 3 rings (SSSR count). The second-order valence-electron chi connectivity index (χ2n) is 6.81. The van der Waals surface area contributed by atoms with E-state index in [1.54, 1.807) is 4.90 Å². The van der Waals surface area contributed by atoms with Crippen LogP contribution in [-0.2, 0) is 9.59 Å². The molecule has 1 aliphatic carbocycles. The highest BCUT2D eigenvalue weighted by atomic mass is 16.3. The molecule has 1 saturated carbocycles. The average molecular weight is 280 g/mol. The number of carbonyl (C=O) groups is 2. The van der Waals surface area contributed by atoms with E-state index in [4.69, 9.17) is 0 Å². The van der Waals surface area contributed by atoms with Gasteiger partial charge in [-0.1, -0.05) is 13.3 Å². The van der Waals surface area contributed by atoms with Crippen LogP contribution in [-0.4, -0.2) is 58.5 Å². The smallest absolute Gasteiger partial charge is 0.228 e. The molecule has 0 radical (unpaired) electrons. The van der Waals surface area contributed by atoms with Crippen LogP contribution in [0.5, 0.6) is 0 Å². The third-order valence-corrected chi connectivity index (χ3v) is 4.74. The van der Waals surface area contributed by atoms with Crippen molar-refractivity contribution >= 4 is 11.8 Å². The lowest BCUT2D eigenvalue weighted by atomic mass is 9.88. The topological polar surface area (TPSA) is 60.9 Å². The van der Waals surface area contributed by atoms with Gasteiger partial charge in [-0.25, -0.2) is 0 Å². The van der Waals surface area contributed by atoms with Crippen molar-refractivity contribution in [3.8, 4) is 0 Å². The Kier molecular flexibility index (Phi) is 3.48. The van der Waals surface area contributed by atoms with Gasteiger partial charge in [0.15, 0.2) is 0 Å². The van der Waals surface area contributed by atoms with E-state index in [1.807, 2.05) is 11.8 Å². The van der Waals surface area contributed by atoms with E-state index in [1.165, 1.54) is 12.8 Å². The van der Waals surface area contributed by atoms with Gasteiger partial charge < -0.3 is 14.9 Å². The quantitative estimate of drug-likeness (QED) is 0.803. The van der Waals surface area contributed by atoms with E-state index in [0.717, 1.165) is 19.4 Å². The molecule has 112 valence electrons. The van der Waals surface area contributed by atoms with Gasteiger partial charge >= 0.3 is 0 Å². The Hall–Kier alpha value is -1.10. The molecule has 2 heterocycles. The molecule has 0 bridgehead atoms. The molecule has 1 atom stereocenters. The SMILES string of the molecule is CCCC1(O)CN(C(=O)C2CC(=O)N(CC3CC3)C2)C1. The zero-order valence-electron chi connectivity index (χ0n) is 12.2. The molecule has 0 aromatic rings. The Balaban J connectivity index is 1.50. The van der Waals surface area contributed by atoms with Gasteiger partial charge in [0.05, 0.1) is 24.6 Å². The molecule has 0 spiro atoms. The first-order valence-corrected chi connectivity index (χ1v) is 7.80. The third-order valence-electron chi connectivity index (χ3n) is 4.74. The summed E-state index contributed by atoms with van der Waals surface area (Å²) in [5.41, 5.74) is -0.680. The Morgan fingerprint density at radius 3 is 2.70 bits per heavy atom. The molecule has 3 fully saturated rings. The molecule has 0 aromatic carbocycles. The minimum absolute atomic E-state index is 0.0532. The summed E-state index contributed by atoms with van der Waals surface area (Å²) in [5, 5.41) is 10.1. The van der Waals surface area contributed by atoms with Crippen molar-refractivity contribution in [2.45, 2.75) is 44.6 Å². The lowest BCUT2D eigenvalue weighted by Crippen LogP contribution is -2.64. The van der Waals surface area contributed by atoms with Crippen molar-refractivity contribution < 1.29 is 14.7 Å². The molecule has 1 unspecified atom stereocenters. The molecule has 2 aliphatic heterocycles. The standard InChI is InChI=1S/C15H24N2O3/c1-2-5-15(20)9-17(10-15)14(19)12-6-13(18)16(8-12)7-11-3-4-11/h11-12,20H,2-10H2,1H3. The summed E-state index contributed by atoms with van der Waals surface area (Å²) < 4.78 is 0. The van der Waals surface area contributed by atoms with E-state index in [9.17, 15) is 14.7 Å². The predicted molar refractivity (Wildman–Crippen MR) is 73.8 cm³/mol. The van der Waals surface area contributed by atoms with E-state index >= 15 is 0 Å². The number of carbonyl (C=O) groups excluding carboxylic acids is 2. The highest BCUT2D eigenvalue weighted by molar-refractivity contribution is 5.89. The van der Waals surface area contributed by atoms with Crippen molar-refractivity contribution in [2.75, 3.05) is 26.2 Å². The van der Waals surface area contributed by atoms with Gasteiger partial charge in [0, 0.05) is 19.5 Å². The fraction of sp³-hybridized carbons (Fsp3) is 0.867. The van der Waals surface area contributed by atoms with Crippen LogP contribution in [0, 0.1) is 11.8 Å². The van der Waals surface area contributed by atoms with Gasteiger partial charge in [-0.3, -0.25) is 9.59 Å². The second kappa shape index (κ2) is 5.02. The van der Waals surface area contributed by atoms with Gasteiger partial charge in [-0.15, -0.1) is 0 Å². The lowest BCUT2D eigenvalue weighted by Gasteiger charge is -2.47. The number of amides is 2. The largest absolute Gasteiger partial charge is 0.386 e. The van der Waals surface area contributed by atoms with Crippen LogP contribution in [0.15, 0.2) is 0 Å². The number of hydrogen-bond donors (Lipinski definition) is 1. The zero-order valence-corrected chi connectivity index (χ0v) is 12.2.